The number of carbonyl (C=O) groups excluding carboxylic acids is 1. The molecule has 0 spiro atoms. The van der Waals surface area contributed by atoms with Crippen molar-refractivity contribution in [1.82, 2.24) is 0 Å². The third kappa shape index (κ3) is 3.42. The van der Waals surface area contributed by atoms with Gasteiger partial charge in [0.1, 0.15) is 0 Å². The second-order valence-electron chi connectivity index (χ2n) is 3.22. The summed E-state index contributed by atoms with van der Waals surface area (Å²) in [4.78, 5) is 11.1. The van der Waals surface area contributed by atoms with Gasteiger partial charge in [-0.1, -0.05) is 12.1 Å². The average Bonchev–Trinajstić information content (AvgIpc) is 2.19. The molecule has 8 heteroatoms. The molecule has 0 atom stereocenters. The highest BCUT2D eigenvalue weighted by Gasteiger charge is 2.51. The van der Waals surface area contributed by atoms with E-state index in [1.165, 1.54) is 12.1 Å². The Morgan fingerprint density at radius 3 is 2.18 bits per heavy atom. The van der Waals surface area contributed by atoms with Crippen LogP contribution in [0.2, 0.25) is 0 Å². The number of ketones is 1. The Morgan fingerprint density at radius 2 is 1.76 bits per heavy atom. The Kier molecular flexibility index (Phi) is 4.20. The van der Waals surface area contributed by atoms with Crippen molar-refractivity contribution in [2.45, 2.75) is 11.7 Å². The highest BCUT2D eigenvalue weighted by Crippen LogP contribution is 2.23. The van der Waals surface area contributed by atoms with Crippen LogP contribution in [0.15, 0.2) is 24.3 Å². The zero-order valence-corrected chi connectivity index (χ0v) is 11.2. The van der Waals surface area contributed by atoms with E-state index in [4.69, 9.17) is 4.55 Å². The van der Waals surface area contributed by atoms with Crippen LogP contribution < -0.4 is 0 Å². The van der Waals surface area contributed by atoms with E-state index in [9.17, 15) is 22.0 Å². The molecule has 0 aromatic heterocycles. The van der Waals surface area contributed by atoms with Gasteiger partial charge in [-0.15, -0.1) is 0 Å². The van der Waals surface area contributed by atoms with Gasteiger partial charge in [0.25, 0.3) is 0 Å². The molecule has 17 heavy (non-hydrogen) atoms. The summed E-state index contributed by atoms with van der Waals surface area (Å²) in [7, 11) is -5.71. The lowest BCUT2D eigenvalue weighted by Gasteiger charge is -2.11. The highest BCUT2D eigenvalue weighted by molar-refractivity contribution is 14.1. The number of carbonyl (C=O) groups is 1. The van der Waals surface area contributed by atoms with E-state index < -0.39 is 27.6 Å². The third-order valence-corrected chi connectivity index (χ3v) is 3.52. The molecule has 0 unspecified atom stereocenters. The lowest BCUT2D eigenvalue weighted by molar-refractivity contribution is -0.133. The lowest BCUT2D eigenvalue weighted by Crippen LogP contribution is -2.38. The number of benzene rings is 1. The molecule has 0 aliphatic heterocycles. The topological polar surface area (TPSA) is 71.4 Å². The van der Waals surface area contributed by atoms with Crippen molar-refractivity contribution in [3.05, 3.63) is 33.4 Å². The van der Waals surface area contributed by atoms with Crippen molar-refractivity contribution in [2.24, 2.45) is 0 Å². The maximum atomic E-state index is 12.9. The maximum absolute atomic E-state index is 12.9. The lowest BCUT2D eigenvalue weighted by atomic mass is 10.1. The Bertz CT molecular complexity index is 524. The van der Waals surface area contributed by atoms with E-state index in [1.54, 1.807) is 12.1 Å². The van der Waals surface area contributed by atoms with Crippen molar-refractivity contribution < 1.29 is 26.5 Å². The Balaban J connectivity index is 2.90. The van der Waals surface area contributed by atoms with Gasteiger partial charge >= 0.3 is 15.4 Å². The van der Waals surface area contributed by atoms with Crippen LogP contribution in [-0.4, -0.2) is 24.0 Å². The number of Topliss-reactive ketones (excluding diaryl/α,β-unsaturated/α-hetero) is 1. The van der Waals surface area contributed by atoms with Crippen LogP contribution in [-0.2, 0) is 21.3 Å². The van der Waals surface area contributed by atoms with E-state index in [2.05, 4.69) is 0 Å². The molecule has 4 nitrogen and oxygen atoms in total. The number of hydrogen-bond acceptors (Lipinski definition) is 3. The molecule has 1 rings (SSSR count). The fraction of sp³-hybridized carbons (Fsp3) is 0.222. The zero-order chi connectivity index (χ0) is 13.3. The Morgan fingerprint density at radius 1 is 1.29 bits per heavy atom. The van der Waals surface area contributed by atoms with Crippen LogP contribution in [0.5, 0.6) is 0 Å². The quantitative estimate of drug-likeness (QED) is 0.644. The van der Waals surface area contributed by atoms with E-state index in [0.717, 1.165) is 3.57 Å². The van der Waals surface area contributed by atoms with Crippen molar-refractivity contribution in [1.29, 1.82) is 0 Å². The summed E-state index contributed by atoms with van der Waals surface area (Å²) in [5.41, 5.74) is 0.249. The van der Waals surface area contributed by atoms with Gasteiger partial charge in [0, 0.05) is 9.99 Å². The molecule has 1 N–H and O–H groups in total. The predicted molar refractivity (Wildman–Crippen MR) is 64.4 cm³/mol. The van der Waals surface area contributed by atoms with Gasteiger partial charge in [-0.05, 0) is 40.3 Å². The molecule has 94 valence electrons. The fourth-order valence-corrected chi connectivity index (χ4v) is 1.75. The predicted octanol–water partition coefficient (Wildman–Crippen LogP) is 1.88. The first-order chi connectivity index (χ1) is 7.64. The summed E-state index contributed by atoms with van der Waals surface area (Å²) in [6.45, 7) is 0. The molecule has 0 aliphatic rings. The summed E-state index contributed by atoms with van der Waals surface area (Å²) in [6, 6.07) is 6.04. The average molecular weight is 376 g/mol. The van der Waals surface area contributed by atoms with Gasteiger partial charge in [0.15, 0.2) is 0 Å². The molecule has 1 aromatic carbocycles. The van der Waals surface area contributed by atoms with Crippen LogP contribution in [0.1, 0.15) is 5.56 Å². The fourth-order valence-electron chi connectivity index (χ4n) is 1.03. The van der Waals surface area contributed by atoms with Crippen LogP contribution in [0.3, 0.4) is 0 Å². The van der Waals surface area contributed by atoms with Gasteiger partial charge in [-0.25, -0.2) is 0 Å². The smallest absolute Gasteiger partial charge is 0.291 e. The summed E-state index contributed by atoms with van der Waals surface area (Å²) in [5.74, 6) is -1.86. The molecule has 0 bridgehead atoms. The van der Waals surface area contributed by atoms with Gasteiger partial charge in [0.2, 0.25) is 5.78 Å². The molecule has 0 amide bonds. The molecule has 0 aliphatic carbocycles. The summed E-state index contributed by atoms with van der Waals surface area (Å²) in [5, 5.41) is -4.77. The molecule has 0 saturated heterocycles. The van der Waals surface area contributed by atoms with Crippen LogP contribution in [0.25, 0.3) is 0 Å². The molecule has 1 aromatic rings. The summed E-state index contributed by atoms with van der Waals surface area (Å²) in [6.07, 6.45) is -0.760. The number of hydrogen-bond donors (Lipinski definition) is 1. The van der Waals surface area contributed by atoms with E-state index in [-0.39, 0.29) is 5.56 Å². The Labute approximate surface area is 110 Å². The first-order valence-electron chi connectivity index (χ1n) is 4.27. The Hall–Kier alpha value is -0.610. The third-order valence-electron chi connectivity index (χ3n) is 1.93. The molecule has 0 heterocycles. The van der Waals surface area contributed by atoms with Crippen molar-refractivity contribution in [3.8, 4) is 0 Å². The minimum atomic E-state index is -5.71. The first-order valence-corrected chi connectivity index (χ1v) is 6.79. The zero-order valence-electron chi connectivity index (χ0n) is 8.23. The van der Waals surface area contributed by atoms with Crippen LogP contribution in [0.4, 0.5) is 8.78 Å². The largest absolute Gasteiger partial charge is 0.427 e. The normalized spacial score (nSPS) is 12.5. The number of rotatable bonds is 4. The second-order valence-corrected chi connectivity index (χ2v) is 5.93. The molecule has 0 fully saturated rings. The van der Waals surface area contributed by atoms with Crippen molar-refractivity contribution in [3.63, 3.8) is 0 Å². The maximum Gasteiger partial charge on any atom is 0.427 e. The van der Waals surface area contributed by atoms with Crippen molar-refractivity contribution in [2.75, 3.05) is 0 Å². The molecule has 0 saturated carbocycles. The minimum Gasteiger partial charge on any atom is -0.291 e. The SMILES string of the molecule is O=C(Cc1ccc(I)cc1)C(F)(F)S(=O)(=O)O. The van der Waals surface area contributed by atoms with Crippen LogP contribution >= 0.6 is 22.6 Å². The molecular formula is C9H7F2IO4S. The van der Waals surface area contributed by atoms with Gasteiger partial charge < -0.3 is 0 Å². The number of halogens is 3. The van der Waals surface area contributed by atoms with Gasteiger partial charge in [-0.2, -0.15) is 17.2 Å². The molecular weight excluding hydrogens is 369 g/mol. The number of alkyl halides is 2. The van der Waals surface area contributed by atoms with Crippen LogP contribution in [0, 0.1) is 3.57 Å². The standard InChI is InChI=1S/C9H7F2IO4S/c10-9(11,17(14,15)16)8(13)5-6-1-3-7(12)4-2-6/h1-4H,5H2,(H,14,15,16). The second kappa shape index (κ2) is 4.94. The monoisotopic (exact) mass is 376 g/mol. The van der Waals surface area contributed by atoms with Gasteiger partial charge in [-0.3, -0.25) is 9.35 Å². The molecule has 0 radical (unpaired) electrons. The summed E-state index contributed by atoms with van der Waals surface area (Å²) < 4.78 is 55.5. The van der Waals surface area contributed by atoms with E-state index in [1.807, 2.05) is 22.6 Å². The van der Waals surface area contributed by atoms with Crippen molar-refractivity contribution >= 4 is 38.5 Å². The van der Waals surface area contributed by atoms with E-state index in [0.29, 0.717) is 0 Å². The minimum absolute atomic E-state index is 0.249. The van der Waals surface area contributed by atoms with Gasteiger partial charge in [0.05, 0.1) is 0 Å². The summed E-state index contributed by atoms with van der Waals surface area (Å²) >= 11 is 1.99. The first kappa shape index (κ1) is 14.5. The highest BCUT2D eigenvalue weighted by atomic mass is 127. The van der Waals surface area contributed by atoms with E-state index >= 15 is 0 Å².